The molecule has 2 heteroatoms. The van der Waals surface area contributed by atoms with Crippen molar-refractivity contribution in [2.45, 2.75) is 13.8 Å². The van der Waals surface area contributed by atoms with Gasteiger partial charge in [-0.1, -0.05) is 18.2 Å². The van der Waals surface area contributed by atoms with Gasteiger partial charge in [0.1, 0.15) is 0 Å². The van der Waals surface area contributed by atoms with E-state index < -0.39 is 0 Å². The highest BCUT2D eigenvalue weighted by atomic mass is 14.9. The largest absolute Gasteiger partial charge is 0.344 e. The third kappa shape index (κ3) is 2.28. The minimum absolute atomic E-state index is 1.05. The van der Waals surface area contributed by atoms with Crippen LogP contribution >= 0.6 is 0 Å². The molecule has 0 unspecified atom stereocenters. The molecule has 18 heavy (non-hydrogen) atoms. The molecule has 2 aromatic rings. The summed E-state index contributed by atoms with van der Waals surface area (Å²) in [5.74, 6) is 0. The summed E-state index contributed by atoms with van der Waals surface area (Å²) in [6.07, 6.45) is 7.91. The SMILES string of the molecule is C=C(C)/C=c1\c(=C/C)cc(-c2cccnc2)n1C. The molecule has 0 aliphatic rings. The third-order valence-electron chi connectivity index (χ3n) is 2.96. The Hall–Kier alpha value is -2.09. The molecule has 2 nitrogen and oxygen atoms in total. The second-order valence-corrected chi connectivity index (χ2v) is 4.45. The van der Waals surface area contributed by atoms with Crippen molar-refractivity contribution >= 4 is 12.2 Å². The highest BCUT2D eigenvalue weighted by Crippen LogP contribution is 2.13. The Kier molecular flexibility index (Phi) is 3.47. The second-order valence-electron chi connectivity index (χ2n) is 4.45. The number of pyridine rings is 1. The number of hydrogen-bond donors (Lipinski definition) is 0. The van der Waals surface area contributed by atoms with Gasteiger partial charge in [-0.2, -0.15) is 0 Å². The summed E-state index contributed by atoms with van der Waals surface area (Å²) < 4.78 is 2.18. The van der Waals surface area contributed by atoms with Crippen LogP contribution in [-0.4, -0.2) is 9.55 Å². The quantitative estimate of drug-likeness (QED) is 0.784. The standard InChI is InChI=1S/C16H18N2/c1-5-13-10-16(14-7-6-8-17-11-14)18(4)15(13)9-12(2)3/h5-11H,2H2,1,3-4H3/b13-5-,15-9+. The molecule has 0 saturated heterocycles. The van der Waals surface area contributed by atoms with Crippen molar-refractivity contribution in [2.24, 2.45) is 7.05 Å². The van der Waals surface area contributed by atoms with E-state index in [2.05, 4.69) is 54.4 Å². The van der Waals surface area contributed by atoms with Gasteiger partial charge in [0.15, 0.2) is 0 Å². The summed E-state index contributed by atoms with van der Waals surface area (Å²) in [5, 5.41) is 2.41. The molecule has 0 amide bonds. The molecule has 0 radical (unpaired) electrons. The van der Waals surface area contributed by atoms with Crippen LogP contribution in [0.2, 0.25) is 0 Å². The van der Waals surface area contributed by atoms with Gasteiger partial charge in [0, 0.05) is 30.4 Å². The average molecular weight is 238 g/mol. The molecule has 2 heterocycles. The first kappa shape index (κ1) is 12.4. The van der Waals surface area contributed by atoms with Gasteiger partial charge >= 0.3 is 0 Å². The lowest BCUT2D eigenvalue weighted by Gasteiger charge is -2.02. The lowest BCUT2D eigenvalue weighted by Crippen LogP contribution is -2.27. The van der Waals surface area contributed by atoms with Gasteiger partial charge < -0.3 is 4.57 Å². The maximum Gasteiger partial charge on any atom is 0.0504 e. The molecular weight excluding hydrogens is 220 g/mol. The number of hydrogen-bond acceptors (Lipinski definition) is 1. The van der Waals surface area contributed by atoms with Crippen LogP contribution in [0.5, 0.6) is 0 Å². The topological polar surface area (TPSA) is 17.8 Å². The summed E-state index contributed by atoms with van der Waals surface area (Å²) in [7, 11) is 2.07. The van der Waals surface area contributed by atoms with Gasteiger partial charge in [-0.3, -0.25) is 4.98 Å². The first-order valence-corrected chi connectivity index (χ1v) is 6.03. The molecule has 0 fully saturated rings. The smallest absolute Gasteiger partial charge is 0.0504 e. The molecule has 0 aromatic carbocycles. The van der Waals surface area contributed by atoms with E-state index >= 15 is 0 Å². The Morgan fingerprint density at radius 2 is 2.22 bits per heavy atom. The number of nitrogens with zero attached hydrogens (tertiary/aromatic N) is 2. The molecule has 92 valence electrons. The van der Waals surface area contributed by atoms with Crippen molar-refractivity contribution in [2.75, 3.05) is 0 Å². The van der Waals surface area contributed by atoms with Crippen molar-refractivity contribution in [3.8, 4) is 11.3 Å². The zero-order valence-corrected chi connectivity index (χ0v) is 11.1. The number of rotatable bonds is 2. The Labute approximate surface area is 108 Å². The van der Waals surface area contributed by atoms with Crippen molar-refractivity contribution < 1.29 is 0 Å². The summed E-state index contributed by atoms with van der Waals surface area (Å²) in [6, 6.07) is 6.22. The van der Waals surface area contributed by atoms with E-state index in [-0.39, 0.29) is 0 Å². The predicted octanol–water partition coefficient (Wildman–Crippen LogP) is 2.24. The van der Waals surface area contributed by atoms with Crippen LogP contribution < -0.4 is 10.6 Å². The van der Waals surface area contributed by atoms with Crippen LogP contribution in [0, 0.1) is 0 Å². The van der Waals surface area contributed by atoms with Gasteiger partial charge in [-0.15, -0.1) is 0 Å². The molecule has 2 aromatic heterocycles. The highest BCUT2D eigenvalue weighted by molar-refractivity contribution is 5.60. The molecule has 0 spiro atoms. The van der Waals surface area contributed by atoms with Crippen LogP contribution in [0.4, 0.5) is 0 Å². The van der Waals surface area contributed by atoms with E-state index in [0.29, 0.717) is 0 Å². The zero-order valence-electron chi connectivity index (χ0n) is 11.1. The van der Waals surface area contributed by atoms with Crippen LogP contribution in [0.25, 0.3) is 23.4 Å². The first-order chi connectivity index (χ1) is 8.63. The summed E-state index contributed by atoms with van der Waals surface area (Å²) in [4.78, 5) is 4.18. The fraction of sp³-hybridized carbons (Fsp3) is 0.188. The van der Waals surface area contributed by atoms with Gasteiger partial charge in [-0.25, -0.2) is 0 Å². The summed E-state index contributed by atoms with van der Waals surface area (Å²) in [5.41, 5.74) is 3.35. The van der Waals surface area contributed by atoms with Crippen LogP contribution in [0.3, 0.4) is 0 Å². The number of allylic oxidation sites excluding steroid dienone is 1. The molecule has 0 atom stereocenters. The maximum absolute atomic E-state index is 4.18. The van der Waals surface area contributed by atoms with Crippen LogP contribution in [-0.2, 0) is 7.05 Å². The minimum atomic E-state index is 1.05. The predicted molar refractivity (Wildman–Crippen MR) is 77.3 cm³/mol. The average Bonchev–Trinajstić information content (AvgIpc) is 2.67. The number of aromatic nitrogens is 2. The summed E-state index contributed by atoms with van der Waals surface area (Å²) >= 11 is 0. The minimum Gasteiger partial charge on any atom is -0.344 e. The molecule has 0 N–H and O–H groups in total. The van der Waals surface area contributed by atoms with Gasteiger partial charge in [0.2, 0.25) is 0 Å². The molecule has 0 aliphatic heterocycles. The van der Waals surface area contributed by atoms with Crippen molar-refractivity contribution in [1.29, 1.82) is 0 Å². The van der Waals surface area contributed by atoms with Crippen LogP contribution in [0.1, 0.15) is 13.8 Å². The second kappa shape index (κ2) is 5.05. The molecule has 0 aliphatic carbocycles. The van der Waals surface area contributed by atoms with E-state index in [9.17, 15) is 0 Å². The third-order valence-corrected chi connectivity index (χ3v) is 2.96. The van der Waals surface area contributed by atoms with E-state index in [1.807, 2.05) is 19.2 Å². The van der Waals surface area contributed by atoms with E-state index in [4.69, 9.17) is 0 Å². The fourth-order valence-electron chi connectivity index (χ4n) is 2.08. The molecule has 2 rings (SSSR count). The molecule has 0 bridgehead atoms. The highest BCUT2D eigenvalue weighted by Gasteiger charge is 2.04. The van der Waals surface area contributed by atoms with Crippen molar-refractivity contribution in [3.05, 3.63) is 53.3 Å². The Bertz CT molecular complexity index is 676. The lowest BCUT2D eigenvalue weighted by molar-refractivity contribution is 0.896. The van der Waals surface area contributed by atoms with Gasteiger partial charge in [-0.05, 0) is 43.3 Å². The Balaban J connectivity index is 2.75. The monoisotopic (exact) mass is 238 g/mol. The van der Waals surface area contributed by atoms with E-state index in [1.54, 1.807) is 6.20 Å². The van der Waals surface area contributed by atoms with Crippen molar-refractivity contribution in [3.63, 3.8) is 0 Å². The zero-order chi connectivity index (χ0) is 13.1. The Morgan fingerprint density at radius 1 is 1.44 bits per heavy atom. The van der Waals surface area contributed by atoms with Crippen LogP contribution in [0.15, 0.2) is 42.7 Å². The normalized spacial score (nSPS) is 13.1. The van der Waals surface area contributed by atoms with Gasteiger partial charge in [0.05, 0.1) is 5.69 Å². The fourth-order valence-corrected chi connectivity index (χ4v) is 2.08. The molecular formula is C16H18N2. The van der Waals surface area contributed by atoms with E-state index in [1.165, 1.54) is 16.3 Å². The van der Waals surface area contributed by atoms with Crippen molar-refractivity contribution in [1.82, 2.24) is 9.55 Å². The molecule has 0 saturated carbocycles. The lowest BCUT2D eigenvalue weighted by atomic mass is 10.2. The maximum atomic E-state index is 4.18. The summed E-state index contributed by atoms with van der Waals surface area (Å²) in [6.45, 7) is 8.02. The van der Waals surface area contributed by atoms with Gasteiger partial charge in [0.25, 0.3) is 0 Å². The van der Waals surface area contributed by atoms with E-state index in [0.717, 1.165) is 11.1 Å². The first-order valence-electron chi connectivity index (χ1n) is 6.03. The Morgan fingerprint density at radius 3 is 2.78 bits per heavy atom.